The van der Waals surface area contributed by atoms with Crippen molar-refractivity contribution in [2.75, 3.05) is 44.8 Å². The molecule has 1 aromatic carbocycles. The number of aliphatic hydroxyl groups is 2. The minimum Gasteiger partial charge on any atom is -0.512 e. The molecule has 2 heterocycles. The highest BCUT2D eigenvalue weighted by molar-refractivity contribution is 6.33. The van der Waals surface area contributed by atoms with Gasteiger partial charge in [0, 0.05) is 43.1 Å². The van der Waals surface area contributed by atoms with E-state index in [4.69, 9.17) is 36.5 Å². The molecular formula is C27H38ClN5O4. The molecule has 4 N–H and O–H groups in total. The Morgan fingerprint density at radius 2 is 1.97 bits per heavy atom. The smallest absolute Gasteiger partial charge is 0.163 e. The molecule has 1 saturated heterocycles. The predicted molar refractivity (Wildman–Crippen MR) is 148 cm³/mol. The number of anilines is 1. The third-order valence-corrected chi connectivity index (χ3v) is 6.63. The van der Waals surface area contributed by atoms with Crippen molar-refractivity contribution in [3.8, 4) is 17.1 Å². The van der Waals surface area contributed by atoms with Crippen molar-refractivity contribution in [1.29, 1.82) is 5.41 Å². The number of allylic oxidation sites excluding steroid dienone is 2. The average Bonchev–Trinajstić information content (AvgIpc) is 2.85. The van der Waals surface area contributed by atoms with Gasteiger partial charge in [0.15, 0.2) is 5.82 Å². The molecule has 0 bridgehead atoms. The van der Waals surface area contributed by atoms with Gasteiger partial charge in [0.25, 0.3) is 0 Å². The Hall–Kier alpha value is -2.72. The van der Waals surface area contributed by atoms with Crippen molar-refractivity contribution in [3.63, 3.8) is 0 Å². The summed E-state index contributed by atoms with van der Waals surface area (Å²) in [5, 5.41) is 32.1. The fourth-order valence-corrected chi connectivity index (χ4v) is 4.72. The summed E-state index contributed by atoms with van der Waals surface area (Å²) in [7, 11) is 1.76. The van der Waals surface area contributed by atoms with Crippen molar-refractivity contribution in [1.82, 2.24) is 15.3 Å². The first-order valence-corrected chi connectivity index (χ1v) is 13.0. The summed E-state index contributed by atoms with van der Waals surface area (Å²) in [5.74, 6) is 1.65. The number of ether oxygens (including phenoxy) is 2. The van der Waals surface area contributed by atoms with Crippen molar-refractivity contribution < 1.29 is 19.7 Å². The fraction of sp³-hybridized carbons (Fsp3) is 0.519. The van der Waals surface area contributed by atoms with E-state index >= 15 is 0 Å². The van der Waals surface area contributed by atoms with Crippen LogP contribution in [0.3, 0.4) is 0 Å². The Morgan fingerprint density at radius 1 is 1.27 bits per heavy atom. The normalized spacial score (nSPS) is 15.9. The van der Waals surface area contributed by atoms with Crippen molar-refractivity contribution in [3.05, 3.63) is 40.2 Å². The van der Waals surface area contributed by atoms with Gasteiger partial charge in [-0.3, -0.25) is 0 Å². The van der Waals surface area contributed by atoms with Crippen LogP contribution >= 0.6 is 11.6 Å². The molecule has 0 radical (unpaired) electrons. The first-order chi connectivity index (χ1) is 17.7. The van der Waals surface area contributed by atoms with Crippen LogP contribution < -0.4 is 15.0 Å². The van der Waals surface area contributed by atoms with Crippen LogP contribution in [-0.4, -0.2) is 78.0 Å². The molecule has 202 valence electrons. The maximum Gasteiger partial charge on any atom is 0.163 e. The second-order valence-electron chi connectivity index (χ2n) is 9.24. The summed E-state index contributed by atoms with van der Waals surface area (Å²) in [6.45, 7) is 9.85. The van der Waals surface area contributed by atoms with E-state index in [1.807, 2.05) is 13.8 Å². The average molecular weight is 532 g/mol. The molecule has 1 fully saturated rings. The third-order valence-electron chi connectivity index (χ3n) is 6.30. The largest absolute Gasteiger partial charge is 0.512 e. The molecule has 10 heteroatoms. The first-order valence-electron chi connectivity index (χ1n) is 12.6. The minimum atomic E-state index is -0.659. The van der Waals surface area contributed by atoms with Gasteiger partial charge in [-0.2, -0.15) is 0 Å². The molecule has 0 amide bonds. The minimum absolute atomic E-state index is 0.0166. The first kappa shape index (κ1) is 28.8. The summed E-state index contributed by atoms with van der Waals surface area (Å²) in [6.07, 6.45) is 1.33. The van der Waals surface area contributed by atoms with Crippen molar-refractivity contribution in [2.24, 2.45) is 0 Å². The molecule has 2 aromatic rings. The summed E-state index contributed by atoms with van der Waals surface area (Å²) < 4.78 is 11.6. The quantitative estimate of drug-likeness (QED) is 0.248. The fourth-order valence-electron chi connectivity index (χ4n) is 4.52. The third kappa shape index (κ3) is 7.19. The number of piperidine rings is 1. The van der Waals surface area contributed by atoms with Crippen LogP contribution in [0, 0.1) is 12.3 Å². The summed E-state index contributed by atoms with van der Waals surface area (Å²) in [5.41, 5.74) is 2.41. The van der Waals surface area contributed by atoms with Gasteiger partial charge in [0.2, 0.25) is 0 Å². The van der Waals surface area contributed by atoms with Gasteiger partial charge < -0.3 is 35.3 Å². The molecule has 9 nitrogen and oxygen atoms in total. The van der Waals surface area contributed by atoms with Gasteiger partial charge in [-0.25, -0.2) is 9.97 Å². The summed E-state index contributed by atoms with van der Waals surface area (Å²) in [6, 6.07) is 5.19. The number of nitrogens with one attached hydrogen (secondary N) is 2. The lowest BCUT2D eigenvalue weighted by atomic mass is 10.0. The predicted octanol–water partition coefficient (Wildman–Crippen LogP) is 4.40. The van der Waals surface area contributed by atoms with Crippen LogP contribution in [0.15, 0.2) is 24.0 Å². The number of aromatic nitrogens is 2. The summed E-state index contributed by atoms with van der Waals surface area (Å²) >= 11 is 6.60. The molecular weight excluding hydrogens is 494 g/mol. The monoisotopic (exact) mass is 531 g/mol. The molecule has 0 saturated carbocycles. The highest BCUT2D eigenvalue weighted by atomic mass is 35.5. The van der Waals surface area contributed by atoms with E-state index in [2.05, 4.69) is 10.2 Å². The summed E-state index contributed by atoms with van der Waals surface area (Å²) in [4.78, 5) is 11.9. The highest BCUT2D eigenvalue weighted by Gasteiger charge is 2.26. The van der Waals surface area contributed by atoms with E-state index in [9.17, 15) is 10.2 Å². The molecule has 37 heavy (non-hydrogen) atoms. The molecule has 1 aromatic heterocycles. The number of hydrogen-bond donors (Lipinski definition) is 4. The van der Waals surface area contributed by atoms with Crippen LogP contribution in [-0.2, 0) is 4.74 Å². The number of halogens is 1. The molecule has 1 atom stereocenters. The molecule has 1 aliphatic rings. The number of benzene rings is 1. The Morgan fingerprint density at radius 3 is 2.57 bits per heavy atom. The van der Waals surface area contributed by atoms with Crippen LogP contribution in [0.25, 0.3) is 17.0 Å². The number of hydrogen-bond acceptors (Lipinski definition) is 9. The van der Waals surface area contributed by atoms with Gasteiger partial charge >= 0.3 is 0 Å². The Kier molecular flexibility index (Phi) is 10.3. The van der Waals surface area contributed by atoms with Gasteiger partial charge in [-0.05, 0) is 65.8 Å². The van der Waals surface area contributed by atoms with Gasteiger partial charge in [0.1, 0.15) is 30.0 Å². The van der Waals surface area contributed by atoms with Crippen LogP contribution in [0.4, 0.5) is 5.82 Å². The molecule has 3 rings (SSSR count). The maximum absolute atomic E-state index is 10.5. The lowest BCUT2D eigenvalue weighted by Gasteiger charge is -2.34. The van der Waals surface area contributed by atoms with E-state index in [0.717, 1.165) is 37.3 Å². The number of likely N-dealkylation sites (N-methyl/N-ethyl adjacent to an activating group) is 1. The van der Waals surface area contributed by atoms with Crippen molar-refractivity contribution in [2.45, 2.75) is 52.7 Å². The van der Waals surface area contributed by atoms with Crippen molar-refractivity contribution >= 4 is 28.7 Å². The van der Waals surface area contributed by atoms with Crippen LogP contribution in [0.2, 0.25) is 5.02 Å². The Bertz CT molecular complexity index is 1130. The number of nitrogens with zero attached hydrogens (tertiary/aromatic N) is 3. The lowest BCUT2D eigenvalue weighted by Crippen LogP contribution is -2.38. The highest BCUT2D eigenvalue weighted by Crippen LogP contribution is 2.35. The van der Waals surface area contributed by atoms with E-state index in [0.29, 0.717) is 46.6 Å². The van der Waals surface area contributed by atoms with E-state index < -0.39 is 6.10 Å². The number of rotatable bonds is 11. The van der Waals surface area contributed by atoms with Gasteiger partial charge in [-0.15, -0.1) is 0 Å². The number of aliphatic hydroxyl groups excluding tert-OH is 2. The van der Waals surface area contributed by atoms with Crippen LogP contribution in [0.5, 0.6) is 5.75 Å². The molecule has 0 spiro atoms. The second kappa shape index (κ2) is 13.2. The Labute approximate surface area is 224 Å². The van der Waals surface area contributed by atoms with E-state index in [1.165, 1.54) is 0 Å². The molecule has 1 aliphatic heterocycles. The second-order valence-corrected chi connectivity index (χ2v) is 9.64. The molecule has 0 aliphatic carbocycles. The maximum atomic E-state index is 10.5. The lowest BCUT2D eigenvalue weighted by molar-refractivity contribution is 0.0458. The van der Waals surface area contributed by atoms with E-state index in [1.54, 1.807) is 39.1 Å². The standard InChI is InChI=1S/C27H38ClN5O4/c1-6-36-20-9-11-33(12-10-20)27-16(2)25(24(17(3)29)18(4)34)31-26(32-27)22-13-21(7-8-23(22)28)37-15-19(35)14-30-5/h7-8,13,19-20,29-30,34-35H,6,9-12,14-15H2,1-5H3/b24-18+,29-17?/t19-/m1/s1. The zero-order chi connectivity index (χ0) is 27.1. The Balaban J connectivity index is 2.08. The van der Waals surface area contributed by atoms with Gasteiger partial charge in [-0.1, -0.05) is 11.6 Å². The van der Waals surface area contributed by atoms with E-state index in [-0.39, 0.29) is 24.2 Å². The zero-order valence-electron chi connectivity index (χ0n) is 22.3. The molecule has 0 unspecified atom stereocenters. The topological polar surface area (TPSA) is 124 Å². The van der Waals surface area contributed by atoms with Gasteiger partial charge in [0.05, 0.1) is 22.4 Å². The zero-order valence-corrected chi connectivity index (χ0v) is 23.0. The van der Waals surface area contributed by atoms with Crippen LogP contribution in [0.1, 0.15) is 44.9 Å². The SMILES string of the molecule is CCOC1CCN(c2nc(-c3cc(OC[C@H](O)CNC)ccc3Cl)nc(/C(C(C)=N)=C(\C)O)c2C)CC1.